The van der Waals surface area contributed by atoms with E-state index in [0.29, 0.717) is 26.2 Å². The minimum Gasteiger partial charge on any atom is -0.381 e. The van der Waals surface area contributed by atoms with Gasteiger partial charge in [0.05, 0.1) is 5.56 Å². The first-order chi connectivity index (χ1) is 10.9. The van der Waals surface area contributed by atoms with Gasteiger partial charge in [0, 0.05) is 32.0 Å². The number of anilines is 1. The van der Waals surface area contributed by atoms with Gasteiger partial charge in [-0.15, -0.1) is 0 Å². The van der Waals surface area contributed by atoms with Crippen molar-refractivity contribution in [1.82, 2.24) is 9.88 Å². The third-order valence-electron chi connectivity index (χ3n) is 4.28. The molecule has 2 fully saturated rings. The highest BCUT2D eigenvalue weighted by molar-refractivity contribution is 5.86. The number of rotatable bonds is 3. The Morgan fingerprint density at radius 3 is 2.70 bits per heavy atom. The highest BCUT2D eigenvalue weighted by Crippen LogP contribution is 2.30. The van der Waals surface area contributed by atoms with Crippen LogP contribution in [0.4, 0.5) is 19.0 Å². The molecule has 2 saturated heterocycles. The van der Waals surface area contributed by atoms with Crippen molar-refractivity contribution in [3.8, 4) is 0 Å². The number of alkyl halides is 3. The standard InChI is InChI=1S/C15H18F3N3O2/c16-15(17,18)10-1-5-19-13(9-10)20-12-2-6-21(14(12)22)11-3-7-23-8-4-11/h1,5,9,11-12H,2-4,6-8H2,(H,19,20)/t12-/m1/s1. The number of amides is 1. The van der Waals surface area contributed by atoms with Gasteiger partial charge in [0.2, 0.25) is 5.91 Å². The van der Waals surface area contributed by atoms with Crippen LogP contribution in [-0.4, -0.2) is 47.6 Å². The molecular weight excluding hydrogens is 311 g/mol. The molecular formula is C15H18F3N3O2. The summed E-state index contributed by atoms with van der Waals surface area (Å²) in [6.45, 7) is 1.89. The zero-order valence-electron chi connectivity index (χ0n) is 12.5. The zero-order chi connectivity index (χ0) is 16.4. The number of hydrogen-bond acceptors (Lipinski definition) is 4. The summed E-state index contributed by atoms with van der Waals surface area (Å²) < 4.78 is 43.5. The molecule has 23 heavy (non-hydrogen) atoms. The van der Waals surface area contributed by atoms with Crippen LogP contribution in [-0.2, 0) is 15.7 Å². The summed E-state index contributed by atoms with van der Waals surface area (Å²) in [5, 5.41) is 2.84. The quantitative estimate of drug-likeness (QED) is 0.924. The van der Waals surface area contributed by atoms with Crippen LogP contribution in [0.25, 0.3) is 0 Å². The van der Waals surface area contributed by atoms with E-state index in [1.54, 1.807) is 0 Å². The van der Waals surface area contributed by atoms with Crippen molar-refractivity contribution in [2.24, 2.45) is 0 Å². The number of halogens is 3. The van der Waals surface area contributed by atoms with Gasteiger partial charge < -0.3 is 15.0 Å². The SMILES string of the molecule is O=C1[C@H](Nc2cc(C(F)(F)F)ccn2)CCN1C1CCOCC1. The van der Waals surface area contributed by atoms with Crippen molar-refractivity contribution in [3.63, 3.8) is 0 Å². The molecule has 2 aliphatic rings. The Bertz CT molecular complexity index is 573. The molecule has 8 heteroatoms. The number of ether oxygens (including phenoxy) is 1. The lowest BCUT2D eigenvalue weighted by atomic mass is 10.1. The molecule has 1 N–H and O–H groups in total. The summed E-state index contributed by atoms with van der Waals surface area (Å²) >= 11 is 0. The van der Waals surface area contributed by atoms with Crippen LogP contribution in [0.1, 0.15) is 24.8 Å². The van der Waals surface area contributed by atoms with Gasteiger partial charge in [0.15, 0.2) is 0 Å². The lowest BCUT2D eigenvalue weighted by Crippen LogP contribution is -2.43. The summed E-state index contributed by atoms with van der Waals surface area (Å²) in [4.78, 5) is 18.2. The van der Waals surface area contributed by atoms with E-state index >= 15 is 0 Å². The lowest BCUT2D eigenvalue weighted by molar-refractivity contribution is -0.137. The Balaban J connectivity index is 1.66. The highest BCUT2D eigenvalue weighted by Gasteiger charge is 2.37. The molecule has 0 radical (unpaired) electrons. The van der Waals surface area contributed by atoms with Crippen molar-refractivity contribution >= 4 is 11.7 Å². The average Bonchev–Trinajstić information content (AvgIpc) is 2.89. The molecule has 0 saturated carbocycles. The minimum absolute atomic E-state index is 0.0730. The fourth-order valence-corrected chi connectivity index (χ4v) is 3.06. The summed E-state index contributed by atoms with van der Waals surface area (Å²) in [5.41, 5.74) is -0.776. The first-order valence-corrected chi connectivity index (χ1v) is 7.63. The van der Waals surface area contributed by atoms with E-state index in [0.717, 1.165) is 31.2 Å². The van der Waals surface area contributed by atoms with E-state index < -0.39 is 17.8 Å². The van der Waals surface area contributed by atoms with E-state index in [9.17, 15) is 18.0 Å². The third-order valence-corrected chi connectivity index (χ3v) is 4.28. The maximum Gasteiger partial charge on any atom is 0.416 e. The maximum atomic E-state index is 12.7. The predicted octanol–water partition coefficient (Wildman–Crippen LogP) is 2.29. The van der Waals surface area contributed by atoms with Crippen LogP contribution >= 0.6 is 0 Å². The van der Waals surface area contributed by atoms with Gasteiger partial charge in [-0.1, -0.05) is 0 Å². The van der Waals surface area contributed by atoms with E-state index in [-0.39, 0.29) is 17.8 Å². The van der Waals surface area contributed by atoms with E-state index in [2.05, 4.69) is 10.3 Å². The Hall–Kier alpha value is -1.83. The summed E-state index contributed by atoms with van der Waals surface area (Å²) in [6, 6.07) is 1.49. The smallest absolute Gasteiger partial charge is 0.381 e. The molecule has 2 aliphatic heterocycles. The second-order valence-corrected chi connectivity index (χ2v) is 5.79. The second-order valence-electron chi connectivity index (χ2n) is 5.79. The van der Waals surface area contributed by atoms with Crippen molar-refractivity contribution < 1.29 is 22.7 Å². The van der Waals surface area contributed by atoms with E-state index in [1.807, 2.05) is 4.90 Å². The molecule has 1 atom stereocenters. The monoisotopic (exact) mass is 329 g/mol. The van der Waals surface area contributed by atoms with Crippen LogP contribution in [0.3, 0.4) is 0 Å². The number of carbonyl (C=O) groups excluding carboxylic acids is 1. The summed E-state index contributed by atoms with van der Waals surface area (Å²) in [5.74, 6) is 0.00288. The van der Waals surface area contributed by atoms with Crippen molar-refractivity contribution in [1.29, 1.82) is 0 Å². The third kappa shape index (κ3) is 3.57. The number of hydrogen-bond donors (Lipinski definition) is 1. The fourth-order valence-electron chi connectivity index (χ4n) is 3.06. The number of aromatic nitrogens is 1. The van der Waals surface area contributed by atoms with Crippen LogP contribution in [0, 0.1) is 0 Å². The van der Waals surface area contributed by atoms with Gasteiger partial charge in [-0.05, 0) is 31.4 Å². The topological polar surface area (TPSA) is 54.5 Å². The molecule has 3 rings (SSSR count). The van der Waals surface area contributed by atoms with Gasteiger partial charge >= 0.3 is 6.18 Å². The molecule has 0 unspecified atom stereocenters. The molecule has 0 bridgehead atoms. The number of nitrogens with zero attached hydrogens (tertiary/aromatic N) is 2. The van der Waals surface area contributed by atoms with Gasteiger partial charge in [-0.3, -0.25) is 4.79 Å². The minimum atomic E-state index is -4.42. The Labute approximate surface area is 131 Å². The number of likely N-dealkylation sites (tertiary alicyclic amines) is 1. The van der Waals surface area contributed by atoms with Crippen molar-refractivity contribution in [3.05, 3.63) is 23.9 Å². The Morgan fingerprint density at radius 1 is 1.26 bits per heavy atom. The first-order valence-electron chi connectivity index (χ1n) is 7.63. The predicted molar refractivity (Wildman–Crippen MR) is 76.8 cm³/mol. The largest absolute Gasteiger partial charge is 0.416 e. The molecule has 126 valence electrons. The molecule has 0 spiro atoms. The number of pyridine rings is 1. The molecule has 5 nitrogen and oxygen atoms in total. The molecule has 3 heterocycles. The molecule has 1 aromatic heterocycles. The van der Waals surface area contributed by atoms with Crippen molar-refractivity contribution in [2.75, 3.05) is 25.1 Å². The molecule has 1 aromatic rings. The lowest BCUT2D eigenvalue weighted by Gasteiger charge is -2.31. The van der Waals surface area contributed by atoms with Crippen LogP contribution in [0.2, 0.25) is 0 Å². The fraction of sp³-hybridized carbons (Fsp3) is 0.600. The van der Waals surface area contributed by atoms with Gasteiger partial charge in [0.25, 0.3) is 0 Å². The normalized spacial score (nSPS) is 23.3. The van der Waals surface area contributed by atoms with Crippen LogP contribution < -0.4 is 5.32 Å². The summed E-state index contributed by atoms with van der Waals surface area (Å²) in [6.07, 6.45) is -1.15. The molecule has 1 amide bonds. The second kappa shape index (κ2) is 6.35. The Kier molecular flexibility index (Phi) is 4.43. The summed E-state index contributed by atoms with van der Waals surface area (Å²) in [7, 11) is 0. The first kappa shape index (κ1) is 16.0. The van der Waals surface area contributed by atoms with Crippen LogP contribution in [0.15, 0.2) is 18.3 Å². The average molecular weight is 329 g/mol. The molecule has 0 aromatic carbocycles. The van der Waals surface area contributed by atoms with Crippen LogP contribution in [0.5, 0.6) is 0 Å². The Morgan fingerprint density at radius 2 is 2.00 bits per heavy atom. The van der Waals surface area contributed by atoms with E-state index in [4.69, 9.17) is 4.74 Å². The van der Waals surface area contributed by atoms with Gasteiger partial charge in [0.1, 0.15) is 11.9 Å². The number of nitrogens with one attached hydrogen (secondary N) is 1. The number of carbonyl (C=O) groups is 1. The van der Waals surface area contributed by atoms with Crippen molar-refractivity contribution in [2.45, 2.75) is 37.5 Å². The highest BCUT2D eigenvalue weighted by atomic mass is 19.4. The van der Waals surface area contributed by atoms with Gasteiger partial charge in [-0.25, -0.2) is 4.98 Å². The zero-order valence-corrected chi connectivity index (χ0v) is 12.5. The van der Waals surface area contributed by atoms with E-state index in [1.165, 1.54) is 0 Å². The van der Waals surface area contributed by atoms with Gasteiger partial charge in [-0.2, -0.15) is 13.2 Å². The molecule has 0 aliphatic carbocycles. The maximum absolute atomic E-state index is 12.7.